The predicted octanol–water partition coefficient (Wildman–Crippen LogP) is 0.655. The van der Waals surface area contributed by atoms with E-state index in [-0.39, 0.29) is 24.1 Å². The van der Waals surface area contributed by atoms with Gasteiger partial charge in [-0.05, 0) is 27.2 Å². The number of rotatable bonds is 6. The van der Waals surface area contributed by atoms with Crippen molar-refractivity contribution in [3.63, 3.8) is 0 Å². The fourth-order valence-electron chi connectivity index (χ4n) is 0.843. The highest BCUT2D eigenvalue weighted by Gasteiger charge is 2.16. The molecule has 1 unspecified atom stereocenters. The Morgan fingerprint density at radius 1 is 1.57 bits per heavy atom. The minimum absolute atomic E-state index is 0.0883. The van der Waals surface area contributed by atoms with Gasteiger partial charge >= 0.3 is 0 Å². The maximum absolute atomic E-state index is 11.2. The highest BCUT2D eigenvalue weighted by atomic mass is 16.5. The van der Waals surface area contributed by atoms with Gasteiger partial charge in [-0.25, -0.2) is 0 Å². The maximum atomic E-state index is 11.2. The Morgan fingerprint density at radius 2 is 2.14 bits per heavy atom. The van der Waals surface area contributed by atoms with E-state index < -0.39 is 0 Å². The lowest BCUT2D eigenvalue weighted by Crippen LogP contribution is -2.42. The van der Waals surface area contributed by atoms with Crippen LogP contribution in [0.3, 0.4) is 0 Å². The molecule has 4 nitrogen and oxygen atoms in total. The van der Waals surface area contributed by atoms with Crippen LogP contribution >= 0.6 is 0 Å². The topological polar surface area (TPSA) is 64.3 Å². The van der Waals surface area contributed by atoms with E-state index in [0.717, 1.165) is 6.42 Å². The first-order chi connectivity index (χ1) is 6.37. The number of nitrogens with two attached hydrogens (primary N) is 1. The first-order valence-corrected chi connectivity index (χ1v) is 5.03. The van der Waals surface area contributed by atoms with Gasteiger partial charge in [-0.15, -0.1) is 0 Å². The van der Waals surface area contributed by atoms with Crippen LogP contribution in [0.1, 0.15) is 34.1 Å². The predicted molar refractivity (Wildman–Crippen MR) is 57.0 cm³/mol. The summed E-state index contributed by atoms with van der Waals surface area (Å²) in [7, 11) is 0. The Balaban J connectivity index is 3.59. The highest BCUT2D eigenvalue weighted by molar-refractivity contribution is 5.77. The Labute approximate surface area is 86.2 Å². The molecular weight excluding hydrogens is 180 g/mol. The molecule has 0 aromatic rings. The zero-order valence-corrected chi connectivity index (χ0v) is 9.59. The minimum Gasteiger partial charge on any atom is -0.370 e. The molecule has 84 valence electrons. The molecule has 4 heteroatoms. The fourth-order valence-corrected chi connectivity index (χ4v) is 0.843. The van der Waals surface area contributed by atoms with Crippen molar-refractivity contribution in [2.45, 2.75) is 45.7 Å². The summed E-state index contributed by atoms with van der Waals surface area (Å²) in [6.45, 7) is 8.23. The standard InChI is InChI=1S/C10H22N2O2/c1-5-10(4,11)7-14-6-9(13)12-8(2)3/h8H,5-7,11H2,1-4H3,(H,12,13). The van der Waals surface area contributed by atoms with Crippen molar-refractivity contribution in [1.82, 2.24) is 5.32 Å². The largest absolute Gasteiger partial charge is 0.370 e. The molecule has 14 heavy (non-hydrogen) atoms. The summed E-state index contributed by atoms with van der Waals surface area (Å²) in [5.74, 6) is -0.0908. The van der Waals surface area contributed by atoms with Crippen LogP contribution in [0, 0.1) is 0 Å². The highest BCUT2D eigenvalue weighted by Crippen LogP contribution is 2.04. The van der Waals surface area contributed by atoms with Crippen molar-refractivity contribution < 1.29 is 9.53 Å². The van der Waals surface area contributed by atoms with Gasteiger partial charge in [-0.3, -0.25) is 4.79 Å². The second-order valence-electron chi connectivity index (χ2n) is 4.22. The van der Waals surface area contributed by atoms with Crippen LogP contribution in [0.5, 0.6) is 0 Å². The van der Waals surface area contributed by atoms with Gasteiger partial charge in [0.1, 0.15) is 6.61 Å². The molecule has 0 aliphatic carbocycles. The van der Waals surface area contributed by atoms with Gasteiger partial charge in [0.2, 0.25) is 5.91 Å². The molecule has 0 fully saturated rings. The zero-order valence-electron chi connectivity index (χ0n) is 9.59. The smallest absolute Gasteiger partial charge is 0.246 e. The summed E-state index contributed by atoms with van der Waals surface area (Å²) in [4.78, 5) is 11.2. The van der Waals surface area contributed by atoms with Crippen LogP contribution in [-0.2, 0) is 9.53 Å². The number of amides is 1. The molecule has 0 aliphatic heterocycles. The van der Waals surface area contributed by atoms with E-state index in [9.17, 15) is 4.79 Å². The molecule has 1 atom stereocenters. The van der Waals surface area contributed by atoms with Crippen LogP contribution in [0.15, 0.2) is 0 Å². The van der Waals surface area contributed by atoms with E-state index in [0.29, 0.717) is 6.61 Å². The minimum atomic E-state index is -0.335. The van der Waals surface area contributed by atoms with Crippen molar-refractivity contribution in [3.8, 4) is 0 Å². The van der Waals surface area contributed by atoms with E-state index in [1.54, 1.807) is 0 Å². The third-order valence-corrected chi connectivity index (χ3v) is 1.92. The van der Waals surface area contributed by atoms with Gasteiger partial charge in [-0.2, -0.15) is 0 Å². The Morgan fingerprint density at radius 3 is 2.57 bits per heavy atom. The molecule has 0 radical (unpaired) electrons. The summed E-state index contributed by atoms with van der Waals surface area (Å²) < 4.78 is 5.21. The maximum Gasteiger partial charge on any atom is 0.246 e. The molecule has 0 spiro atoms. The second-order valence-corrected chi connectivity index (χ2v) is 4.22. The Hall–Kier alpha value is -0.610. The van der Waals surface area contributed by atoms with Crippen LogP contribution in [0.2, 0.25) is 0 Å². The summed E-state index contributed by atoms with van der Waals surface area (Å²) in [5, 5.41) is 2.74. The lowest BCUT2D eigenvalue weighted by molar-refractivity contribution is -0.126. The number of carbonyl (C=O) groups excluding carboxylic acids is 1. The summed E-state index contributed by atoms with van der Waals surface area (Å²) in [5.41, 5.74) is 5.51. The second kappa shape index (κ2) is 5.98. The SMILES string of the molecule is CCC(C)(N)COCC(=O)NC(C)C. The first kappa shape index (κ1) is 13.4. The van der Waals surface area contributed by atoms with E-state index in [2.05, 4.69) is 5.32 Å². The lowest BCUT2D eigenvalue weighted by atomic mass is 10.0. The molecule has 0 saturated carbocycles. The molecule has 0 aromatic heterocycles. The van der Waals surface area contributed by atoms with Crippen molar-refractivity contribution in [3.05, 3.63) is 0 Å². The van der Waals surface area contributed by atoms with E-state index in [1.807, 2.05) is 27.7 Å². The molecule has 0 saturated heterocycles. The van der Waals surface area contributed by atoms with E-state index in [1.165, 1.54) is 0 Å². The number of hydrogen-bond acceptors (Lipinski definition) is 3. The average Bonchev–Trinajstić information content (AvgIpc) is 2.02. The zero-order chi connectivity index (χ0) is 11.2. The molecule has 3 N–H and O–H groups in total. The van der Waals surface area contributed by atoms with Crippen molar-refractivity contribution >= 4 is 5.91 Å². The van der Waals surface area contributed by atoms with Gasteiger partial charge in [-0.1, -0.05) is 6.92 Å². The summed E-state index contributed by atoms with van der Waals surface area (Å²) in [6, 6.07) is 0.154. The molecule has 0 heterocycles. The normalized spacial score (nSPS) is 15.3. The van der Waals surface area contributed by atoms with Crippen LogP contribution in [0.4, 0.5) is 0 Å². The quantitative estimate of drug-likeness (QED) is 0.665. The lowest BCUT2D eigenvalue weighted by Gasteiger charge is -2.22. The number of carbonyl (C=O) groups is 1. The molecule has 0 rings (SSSR count). The van der Waals surface area contributed by atoms with Gasteiger partial charge in [0.15, 0.2) is 0 Å². The average molecular weight is 202 g/mol. The molecule has 0 bridgehead atoms. The van der Waals surface area contributed by atoms with Gasteiger partial charge in [0.25, 0.3) is 0 Å². The number of nitrogens with one attached hydrogen (secondary N) is 1. The van der Waals surface area contributed by atoms with Gasteiger partial charge in [0, 0.05) is 11.6 Å². The number of ether oxygens (including phenoxy) is 1. The third-order valence-electron chi connectivity index (χ3n) is 1.92. The molecule has 1 amide bonds. The fraction of sp³-hybridized carbons (Fsp3) is 0.900. The van der Waals surface area contributed by atoms with Gasteiger partial charge in [0.05, 0.1) is 6.61 Å². The Kier molecular flexibility index (Phi) is 5.72. The van der Waals surface area contributed by atoms with Crippen LogP contribution in [-0.4, -0.2) is 30.7 Å². The monoisotopic (exact) mass is 202 g/mol. The van der Waals surface area contributed by atoms with Crippen LogP contribution in [0.25, 0.3) is 0 Å². The van der Waals surface area contributed by atoms with Gasteiger partial charge < -0.3 is 15.8 Å². The summed E-state index contributed by atoms with van der Waals surface area (Å²) in [6.07, 6.45) is 0.832. The molecular formula is C10H22N2O2. The molecule has 0 aromatic carbocycles. The molecule has 0 aliphatic rings. The third kappa shape index (κ3) is 6.86. The van der Waals surface area contributed by atoms with E-state index in [4.69, 9.17) is 10.5 Å². The van der Waals surface area contributed by atoms with E-state index >= 15 is 0 Å². The number of hydrogen-bond donors (Lipinski definition) is 2. The first-order valence-electron chi connectivity index (χ1n) is 5.03. The van der Waals surface area contributed by atoms with Crippen molar-refractivity contribution in [2.75, 3.05) is 13.2 Å². The Bertz CT molecular complexity index is 179. The van der Waals surface area contributed by atoms with Crippen molar-refractivity contribution in [2.24, 2.45) is 5.73 Å². The summed E-state index contributed by atoms with van der Waals surface area (Å²) >= 11 is 0. The van der Waals surface area contributed by atoms with Crippen molar-refractivity contribution in [1.29, 1.82) is 0 Å². The van der Waals surface area contributed by atoms with Crippen LogP contribution < -0.4 is 11.1 Å².